The Bertz CT molecular complexity index is 781. The predicted molar refractivity (Wildman–Crippen MR) is 119 cm³/mol. The van der Waals surface area contributed by atoms with Gasteiger partial charge in [-0.15, -0.1) is 0 Å². The van der Waals surface area contributed by atoms with Crippen LogP contribution in [0, 0.1) is 12.8 Å². The van der Waals surface area contributed by atoms with Crippen molar-refractivity contribution in [2.24, 2.45) is 5.92 Å². The molecule has 1 aromatic rings. The molecule has 0 radical (unpaired) electrons. The summed E-state index contributed by atoms with van der Waals surface area (Å²) in [6.07, 6.45) is 2.94. The van der Waals surface area contributed by atoms with Crippen LogP contribution in [0.5, 0.6) is 0 Å². The summed E-state index contributed by atoms with van der Waals surface area (Å²) in [7, 11) is -1.28. The highest BCUT2D eigenvalue weighted by molar-refractivity contribution is 7.89. The smallest absolute Gasteiger partial charge is 0.243 e. The molecule has 30 heavy (non-hydrogen) atoms. The molecule has 0 atom stereocenters. The van der Waals surface area contributed by atoms with Gasteiger partial charge in [-0.05, 0) is 57.8 Å². The Hall–Kier alpha value is -1.48. The van der Waals surface area contributed by atoms with E-state index in [2.05, 4.69) is 22.2 Å². The Morgan fingerprint density at radius 2 is 1.67 bits per heavy atom. The number of carbonyl (C=O) groups is 1. The highest BCUT2D eigenvalue weighted by Gasteiger charge is 2.30. The molecule has 1 aromatic carbocycles. The Morgan fingerprint density at radius 1 is 1.03 bits per heavy atom. The highest BCUT2D eigenvalue weighted by Crippen LogP contribution is 2.25. The van der Waals surface area contributed by atoms with Crippen molar-refractivity contribution in [3.63, 3.8) is 0 Å². The van der Waals surface area contributed by atoms with Crippen molar-refractivity contribution in [2.75, 3.05) is 59.4 Å². The summed E-state index contributed by atoms with van der Waals surface area (Å²) in [6, 6.07) is 7.00. The zero-order valence-electron chi connectivity index (χ0n) is 18.3. The van der Waals surface area contributed by atoms with E-state index in [4.69, 9.17) is 0 Å². The van der Waals surface area contributed by atoms with E-state index in [0.29, 0.717) is 31.0 Å². The third-order valence-electron chi connectivity index (χ3n) is 6.28. The molecule has 0 saturated carbocycles. The Labute approximate surface area is 181 Å². The first-order chi connectivity index (χ1) is 14.3. The van der Waals surface area contributed by atoms with E-state index in [0.717, 1.165) is 57.5 Å². The maximum atomic E-state index is 12.8. The molecular weight excluding hydrogens is 400 g/mol. The van der Waals surface area contributed by atoms with Gasteiger partial charge in [-0.2, -0.15) is 4.31 Å². The molecule has 2 aliphatic rings. The Balaban J connectivity index is 1.34. The van der Waals surface area contributed by atoms with Crippen molar-refractivity contribution in [2.45, 2.75) is 37.5 Å². The van der Waals surface area contributed by atoms with E-state index < -0.39 is 10.0 Å². The number of piperazine rings is 1. The van der Waals surface area contributed by atoms with E-state index in [1.54, 1.807) is 16.4 Å². The molecule has 0 aliphatic carbocycles. The maximum Gasteiger partial charge on any atom is 0.243 e. The largest absolute Gasteiger partial charge is 0.356 e. The molecule has 7 nitrogen and oxygen atoms in total. The average molecular weight is 437 g/mol. The van der Waals surface area contributed by atoms with Crippen LogP contribution in [0.25, 0.3) is 0 Å². The minimum absolute atomic E-state index is 0.0909. The van der Waals surface area contributed by atoms with Gasteiger partial charge in [0.2, 0.25) is 15.9 Å². The van der Waals surface area contributed by atoms with Crippen molar-refractivity contribution in [3.8, 4) is 0 Å². The lowest BCUT2D eigenvalue weighted by molar-refractivity contribution is -0.122. The summed E-state index contributed by atoms with van der Waals surface area (Å²) in [4.78, 5) is 17.4. The summed E-state index contributed by atoms with van der Waals surface area (Å²) >= 11 is 0. The van der Waals surface area contributed by atoms with Crippen molar-refractivity contribution < 1.29 is 13.2 Å². The standard InChI is InChI=1S/C22H36N4O3S/c1-19-4-6-21(7-5-19)30(28,29)26-12-8-20(9-13-26)18-22(27)23-10-3-11-25-16-14-24(2)15-17-25/h4-7,20H,3,8-18H2,1-2H3,(H,23,27). The van der Waals surface area contributed by atoms with Gasteiger partial charge < -0.3 is 15.1 Å². The van der Waals surface area contributed by atoms with E-state index in [-0.39, 0.29) is 11.8 Å². The molecule has 0 aromatic heterocycles. The lowest BCUT2D eigenvalue weighted by Gasteiger charge is -2.32. The van der Waals surface area contributed by atoms with Gasteiger partial charge in [0.15, 0.2) is 0 Å². The Morgan fingerprint density at radius 3 is 2.30 bits per heavy atom. The monoisotopic (exact) mass is 436 g/mol. The SMILES string of the molecule is Cc1ccc(S(=O)(=O)N2CCC(CC(=O)NCCCN3CCN(C)CC3)CC2)cc1. The van der Waals surface area contributed by atoms with Gasteiger partial charge in [0.05, 0.1) is 4.90 Å². The fourth-order valence-electron chi connectivity index (χ4n) is 4.15. The molecule has 1 amide bonds. The minimum Gasteiger partial charge on any atom is -0.356 e. The second kappa shape index (κ2) is 10.7. The molecule has 2 fully saturated rings. The van der Waals surface area contributed by atoms with Gasteiger partial charge in [0.25, 0.3) is 0 Å². The summed E-state index contributed by atoms with van der Waals surface area (Å²) in [5.41, 5.74) is 1.04. The van der Waals surface area contributed by atoms with Crippen molar-refractivity contribution in [1.82, 2.24) is 19.4 Å². The van der Waals surface area contributed by atoms with Crippen LogP contribution in [-0.4, -0.2) is 87.8 Å². The number of carbonyl (C=O) groups excluding carboxylic acids is 1. The topological polar surface area (TPSA) is 73.0 Å². The van der Waals surface area contributed by atoms with Gasteiger partial charge in [-0.1, -0.05) is 17.7 Å². The quantitative estimate of drug-likeness (QED) is 0.626. The van der Waals surface area contributed by atoms with E-state index in [1.165, 1.54) is 0 Å². The highest BCUT2D eigenvalue weighted by atomic mass is 32.2. The molecule has 8 heteroatoms. The van der Waals surface area contributed by atoms with Crippen LogP contribution in [0.4, 0.5) is 0 Å². The molecule has 2 heterocycles. The van der Waals surface area contributed by atoms with Crippen LogP contribution in [0.2, 0.25) is 0 Å². The molecule has 3 rings (SSSR count). The first kappa shape index (κ1) is 23.2. The average Bonchev–Trinajstić information content (AvgIpc) is 2.73. The molecule has 0 unspecified atom stereocenters. The molecule has 2 saturated heterocycles. The molecule has 2 aliphatic heterocycles. The zero-order valence-corrected chi connectivity index (χ0v) is 19.2. The first-order valence-electron chi connectivity index (χ1n) is 11.1. The maximum absolute atomic E-state index is 12.8. The number of likely N-dealkylation sites (N-methyl/N-ethyl adjacent to an activating group) is 1. The van der Waals surface area contributed by atoms with Crippen LogP contribution < -0.4 is 5.32 Å². The normalized spacial score (nSPS) is 20.3. The van der Waals surface area contributed by atoms with E-state index in [1.807, 2.05) is 19.1 Å². The predicted octanol–water partition coefficient (Wildman–Crippen LogP) is 1.54. The van der Waals surface area contributed by atoms with Crippen molar-refractivity contribution >= 4 is 15.9 Å². The number of rotatable bonds is 8. The number of nitrogens with one attached hydrogen (secondary N) is 1. The fraction of sp³-hybridized carbons (Fsp3) is 0.682. The van der Waals surface area contributed by atoms with Crippen LogP contribution in [0.1, 0.15) is 31.2 Å². The number of hydrogen-bond acceptors (Lipinski definition) is 5. The first-order valence-corrected chi connectivity index (χ1v) is 12.5. The number of benzene rings is 1. The number of hydrogen-bond donors (Lipinski definition) is 1. The van der Waals surface area contributed by atoms with Gasteiger partial charge in [-0.3, -0.25) is 4.79 Å². The minimum atomic E-state index is -3.44. The number of sulfonamides is 1. The third kappa shape index (κ3) is 6.51. The number of nitrogens with zero attached hydrogens (tertiary/aromatic N) is 3. The second-order valence-corrected chi connectivity index (χ2v) is 10.7. The third-order valence-corrected chi connectivity index (χ3v) is 8.19. The molecular formula is C22H36N4O3S. The number of piperidine rings is 1. The second-order valence-electron chi connectivity index (χ2n) is 8.71. The van der Waals surface area contributed by atoms with Crippen molar-refractivity contribution in [3.05, 3.63) is 29.8 Å². The van der Waals surface area contributed by atoms with E-state index >= 15 is 0 Å². The zero-order chi connectivity index (χ0) is 21.6. The van der Waals surface area contributed by atoms with Crippen LogP contribution in [0.3, 0.4) is 0 Å². The molecule has 0 spiro atoms. The summed E-state index contributed by atoms with van der Waals surface area (Å²) in [5.74, 6) is 0.348. The van der Waals surface area contributed by atoms with Gasteiger partial charge in [0.1, 0.15) is 0 Å². The lowest BCUT2D eigenvalue weighted by Crippen LogP contribution is -2.45. The van der Waals surface area contributed by atoms with Crippen LogP contribution in [-0.2, 0) is 14.8 Å². The fourth-order valence-corrected chi connectivity index (χ4v) is 5.62. The summed E-state index contributed by atoms with van der Waals surface area (Å²) < 4.78 is 27.1. The number of aryl methyl sites for hydroxylation is 1. The van der Waals surface area contributed by atoms with Gasteiger partial charge in [-0.25, -0.2) is 8.42 Å². The molecule has 0 bridgehead atoms. The van der Waals surface area contributed by atoms with Gasteiger partial charge >= 0.3 is 0 Å². The Kier molecular flexibility index (Phi) is 8.27. The molecule has 1 N–H and O–H groups in total. The number of amides is 1. The lowest BCUT2D eigenvalue weighted by atomic mass is 9.94. The van der Waals surface area contributed by atoms with E-state index in [9.17, 15) is 13.2 Å². The summed E-state index contributed by atoms with van der Waals surface area (Å²) in [5, 5.41) is 3.04. The summed E-state index contributed by atoms with van der Waals surface area (Å²) in [6.45, 7) is 9.10. The van der Waals surface area contributed by atoms with Crippen LogP contribution in [0.15, 0.2) is 29.2 Å². The van der Waals surface area contributed by atoms with Crippen molar-refractivity contribution in [1.29, 1.82) is 0 Å². The van der Waals surface area contributed by atoms with Gasteiger partial charge in [0, 0.05) is 52.2 Å². The van der Waals surface area contributed by atoms with Crippen LogP contribution >= 0.6 is 0 Å². The molecule has 168 valence electrons.